The first kappa shape index (κ1) is 61.8. The summed E-state index contributed by atoms with van der Waals surface area (Å²) in [5.74, 6) is -6.23. The molecule has 78 heavy (non-hydrogen) atoms. The number of fused-ring (bicyclic) bond motifs is 2. The molecule has 8 amide bonds. The van der Waals surface area contributed by atoms with E-state index >= 15 is 0 Å². The fraction of sp³-hybridized carbons (Fsp3) is 0.833. The maximum Gasteiger partial charge on any atom is 0.408 e. The van der Waals surface area contributed by atoms with Crippen LogP contribution < -0.4 is 32.7 Å². The number of hydrogen-bond donors (Lipinski definition) is 7. The lowest BCUT2D eigenvalue weighted by Gasteiger charge is -2.37. The number of Topliss-reactive ketones (excluding diaryl/α,β-unsaturated/α-hetero) is 1. The third-order valence-electron chi connectivity index (χ3n) is 17.4. The Morgan fingerprint density at radius 1 is 0.564 bits per heavy atom. The number of alkyl carbamates (subject to hydrolysis) is 2. The first-order valence-corrected chi connectivity index (χ1v) is 29.7. The molecule has 0 aromatic carbocycles. The maximum absolute atomic E-state index is 14.1. The Hall–Kier alpha value is -3.85. The van der Waals surface area contributed by atoms with Gasteiger partial charge in [0.05, 0.1) is 12.1 Å². The lowest BCUT2D eigenvalue weighted by molar-refractivity contribution is -0.144. The van der Waals surface area contributed by atoms with Crippen molar-refractivity contribution in [1.29, 1.82) is 0 Å². The number of aliphatic hydroxyl groups excluding tert-OH is 1. The summed E-state index contributed by atoms with van der Waals surface area (Å²) in [5.41, 5.74) is 9.15. The number of piperidine rings is 2. The number of halogens is 4. The van der Waals surface area contributed by atoms with Crippen LogP contribution in [0.4, 0.5) is 9.59 Å². The van der Waals surface area contributed by atoms with Crippen molar-refractivity contribution in [2.75, 3.05) is 13.1 Å². The number of alkyl halides is 4. The van der Waals surface area contributed by atoms with Crippen molar-refractivity contribution < 1.29 is 57.7 Å². The fourth-order valence-electron chi connectivity index (χ4n) is 12.7. The van der Waals surface area contributed by atoms with E-state index < -0.39 is 122 Å². The summed E-state index contributed by atoms with van der Waals surface area (Å²) < 4.78 is 8.54. The van der Waals surface area contributed by atoms with Crippen LogP contribution in [0, 0.1) is 47.3 Å². The fourth-order valence-corrected chi connectivity index (χ4v) is 14.4. The zero-order chi connectivity index (χ0) is 57.4. The van der Waals surface area contributed by atoms with E-state index in [1.807, 2.05) is 0 Å². The lowest BCUT2D eigenvalue weighted by Crippen LogP contribution is -2.60. The molecule has 2 aliphatic heterocycles. The topological polar surface area (TPSA) is 299 Å². The second-order valence-electron chi connectivity index (χ2n) is 25.3. The number of carbonyl (C=O) groups is 9. The molecule has 0 radical (unpaired) electrons. The normalized spacial score (nSPS) is 28.4. The molecule has 0 spiro atoms. The maximum atomic E-state index is 14.1. The molecule has 6 aliphatic carbocycles. The summed E-state index contributed by atoms with van der Waals surface area (Å²) >= 11 is 26.0. The smallest absolute Gasteiger partial charge is 0.408 e. The Labute approximate surface area is 477 Å². The van der Waals surface area contributed by atoms with Crippen molar-refractivity contribution in [2.45, 2.75) is 219 Å². The summed E-state index contributed by atoms with van der Waals surface area (Å²) in [4.78, 5) is 120. The molecule has 0 aromatic rings. The first-order valence-electron chi connectivity index (χ1n) is 28.2. The van der Waals surface area contributed by atoms with E-state index in [-0.39, 0.29) is 54.5 Å². The number of ether oxygens (including phenoxy) is 2. The molecule has 8 rings (SSSR count). The molecule has 438 valence electrons. The minimum absolute atomic E-state index is 0.0979. The number of hydrogen-bond acceptors (Lipinski definition) is 12. The average molecular weight is 1180 g/mol. The van der Waals surface area contributed by atoms with Crippen molar-refractivity contribution in [3.05, 3.63) is 0 Å². The molecular formula is C54H82Cl4N8O12. The molecule has 3 unspecified atom stereocenters. The summed E-state index contributed by atoms with van der Waals surface area (Å²) in [5, 5.41) is 21.5. The van der Waals surface area contributed by atoms with Crippen LogP contribution >= 0.6 is 46.4 Å². The van der Waals surface area contributed by atoms with Gasteiger partial charge in [0.1, 0.15) is 44.0 Å². The van der Waals surface area contributed by atoms with Crippen molar-refractivity contribution in [1.82, 2.24) is 31.1 Å². The zero-order valence-electron chi connectivity index (χ0n) is 45.8. The van der Waals surface area contributed by atoms with Gasteiger partial charge in [0, 0.05) is 36.8 Å². The lowest BCUT2D eigenvalue weighted by atomic mass is 9.79. The van der Waals surface area contributed by atoms with Gasteiger partial charge in [-0.05, 0) is 104 Å². The highest BCUT2D eigenvalue weighted by atomic mass is 35.5. The van der Waals surface area contributed by atoms with Gasteiger partial charge in [-0.3, -0.25) is 33.6 Å². The summed E-state index contributed by atoms with van der Waals surface area (Å²) in [7, 11) is 0. The van der Waals surface area contributed by atoms with Crippen molar-refractivity contribution in [2.24, 2.45) is 58.8 Å². The van der Waals surface area contributed by atoms with E-state index in [4.69, 9.17) is 67.3 Å². The van der Waals surface area contributed by atoms with Crippen molar-refractivity contribution in [3.63, 3.8) is 0 Å². The Kier molecular flexibility index (Phi) is 19.6. The highest BCUT2D eigenvalue weighted by Crippen LogP contribution is 2.66. The predicted octanol–water partition coefficient (Wildman–Crippen LogP) is 5.43. The molecule has 11 atom stereocenters. The van der Waals surface area contributed by atoms with E-state index in [1.165, 1.54) is 9.80 Å². The average Bonchev–Trinajstić information content (AvgIpc) is 3.90. The number of aliphatic hydroxyl groups is 1. The first-order chi connectivity index (χ1) is 36.4. The van der Waals surface area contributed by atoms with Crippen molar-refractivity contribution in [3.8, 4) is 0 Å². The Morgan fingerprint density at radius 2 is 0.949 bits per heavy atom. The van der Waals surface area contributed by atoms with Crippen LogP contribution in [-0.4, -0.2) is 144 Å². The molecule has 20 nitrogen and oxygen atoms in total. The largest absolute Gasteiger partial charge is 0.444 e. The van der Waals surface area contributed by atoms with Crippen LogP contribution in [-0.2, 0) is 43.0 Å². The highest BCUT2D eigenvalue weighted by Gasteiger charge is 2.75. The van der Waals surface area contributed by atoms with Crippen LogP contribution in [0.25, 0.3) is 0 Å². The summed E-state index contributed by atoms with van der Waals surface area (Å²) in [6, 6.07) is -5.77. The SMILES string of the molecule is CC(C)(C)OC(=O)N[C@H](C(=O)N1C[C@H]2[C@@H]([C@H]1C(=O)NC(CC1CCC1)C(=O)C(N)=O)C2(Cl)Cl)C1CCCCC1.CC(C)(C)OC(=O)N[C@H](C(=O)N1C[C@H]2[C@@H]([C@H]1C(=O)NC(CC1CCC1)C(O)C(N)=O)C2(Cl)Cl)C1CCCCC1. The summed E-state index contributed by atoms with van der Waals surface area (Å²) in [6.07, 6.45) is 12.5. The summed E-state index contributed by atoms with van der Waals surface area (Å²) in [6.45, 7) is 10.8. The van der Waals surface area contributed by atoms with E-state index in [9.17, 15) is 48.3 Å². The monoisotopic (exact) mass is 1170 g/mol. The molecular weight excluding hydrogens is 1090 g/mol. The van der Waals surface area contributed by atoms with Gasteiger partial charge in [0.2, 0.25) is 35.3 Å². The standard InChI is InChI=1S/C27H42Cl2N4O6.C27H40Cl2N4O6/c2*1-26(2,3)39-25(38)32-19(15-10-5-4-6-11-15)24(37)33-13-16-18(27(16,28)29)20(33)23(36)31-17(21(34)22(30)35)12-14-8-7-9-14/h14-21,34H,4-13H2,1-3H3,(H2,30,35)(H,31,36)(H,32,38);14-20H,4-13H2,1-3H3,(H2,30,35)(H,31,36)(H,32,38)/t16-,17?,18-,19-,20-,21?;16-,17?,18-,19-,20-/m00/s1. The minimum atomic E-state index is -1.56. The van der Waals surface area contributed by atoms with Gasteiger partial charge in [0.15, 0.2) is 6.10 Å². The molecule has 2 saturated heterocycles. The van der Waals surface area contributed by atoms with E-state index in [0.29, 0.717) is 12.8 Å². The van der Waals surface area contributed by atoms with Crippen LogP contribution in [0.2, 0.25) is 0 Å². The van der Waals surface area contributed by atoms with Crippen LogP contribution in [0.1, 0.15) is 157 Å². The molecule has 0 aromatic heterocycles. The number of likely N-dealkylation sites (tertiary alicyclic amines) is 2. The van der Waals surface area contributed by atoms with Crippen LogP contribution in [0.3, 0.4) is 0 Å². The van der Waals surface area contributed by atoms with E-state index in [1.54, 1.807) is 41.5 Å². The number of primary amides is 2. The van der Waals surface area contributed by atoms with Gasteiger partial charge < -0.3 is 57.1 Å². The van der Waals surface area contributed by atoms with Gasteiger partial charge in [-0.15, -0.1) is 46.4 Å². The molecule has 6 saturated carbocycles. The predicted molar refractivity (Wildman–Crippen MR) is 290 cm³/mol. The number of nitrogens with two attached hydrogens (primary N) is 2. The van der Waals surface area contributed by atoms with Crippen LogP contribution in [0.15, 0.2) is 0 Å². The van der Waals surface area contributed by atoms with Gasteiger partial charge >= 0.3 is 12.2 Å². The highest BCUT2D eigenvalue weighted by molar-refractivity contribution is 6.52. The van der Waals surface area contributed by atoms with Gasteiger partial charge in [-0.2, -0.15) is 0 Å². The van der Waals surface area contributed by atoms with Crippen molar-refractivity contribution >= 4 is 99.8 Å². The van der Waals surface area contributed by atoms with E-state index in [0.717, 1.165) is 103 Å². The van der Waals surface area contributed by atoms with E-state index in [2.05, 4.69) is 21.3 Å². The van der Waals surface area contributed by atoms with Gasteiger partial charge in [0.25, 0.3) is 5.91 Å². The van der Waals surface area contributed by atoms with Crippen LogP contribution in [0.5, 0.6) is 0 Å². The molecule has 0 bridgehead atoms. The van der Waals surface area contributed by atoms with Gasteiger partial charge in [-0.25, -0.2) is 9.59 Å². The third-order valence-corrected chi connectivity index (χ3v) is 19.5. The quantitative estimate of drug-likeness (QED) is 0.0668. The molecule has 9 N–H and O–H groups in total. The Morgan fingerprint density at radius 3 is 1.29 bits per heavy atom. The Balaban J connectivity index is 0.000000226. The molecule has 2 heterocycles. The molecule has 8 aliphatic rings. The number of ketones is 1. The number of rotatable bonds is 18. The van der Waals surface area contributed by atoms with Gasteiger partial charge in [-0.1, -0.05) is 77.0 Å². The molecule has 8 fully saturated rings. The number of nitrogens with one attached hydrogen (secondary N) is 4. The molecule has 24 heteroatoms. The number of nitrogens with zero attached hydrogens (tertiary/aromatic N) is 2. The zero-order valence-corrected chi connectivity index (χ0v) is 48.8. The second-order valence-corrected chi connectivity index (χ2v) is 28.2. The number of amides is 8. The second kappa shape index (κ2) is 24.7. The minimum Gasteiger partial charge on any atom is -0.444 e. The third kappa shape index (κ3) is 14.6. The number of carbonyl (C=O) groups excluding carboxylic acids is 9. The Bertz CT molecular complexity index is 2280.